The second-order valence-electron chi connectivity index (χ2n) is 6.98. The summed E-state index contributed by atoms with van der Waals surface area (Å²) in [7, 11) is 0. The summed E-state index contributed by atoms with van der Waals surface area (Å²) in [5.74, 6) is 1.16. The number of fused-ring (bicyclic) bond motifs is 2. The van der Waals surface area contributed by atoms with E-state index in [-0.39, 0.29) is 11.8 Å². The monoisotopic (exact) mass is 323 g/mol. The zero-order valence-electron chi connectivity index (χ0n) is 14.0. The molecule has 0 saturated carbocycles. The van der Waals surface area contributed by atoms with Gasteiger partial charge < -0.3 is 5.32 Å². The molecule has 2 aromatic rings. The minimum absolute atomic E-state index is 0.0368. The molecule has 1 unspecified atom stereocenters. The van der Waals surface area contributed by atoms with Crippen LogP contribution in [0, 0.1) is 0 Å². The first-order chi connectivity index (χ1) is 11.5. The smallest absolute Gasteiger partial charge is 0.250 e. The summed E-state index contributed by atoms with van der Waals surface area (Å²) in [4.78, 5) is 30.6. The Bertz CT molecular complexity index is 844. The predicted octanol–water partition coefficient (Wildman–Crippen LogP) is 2.53. The Kier molecular flexibility index (Phi) is 3.52. The second kappa shape index (κ2) is 5.58. The van der Waals surface area contributed by atoms with E-state index in [9.17, 15) is 9.59 Å². The van der Waals surface area contributed by atoms with Crippen LogP contribution in [0.15, 0.2) is 24.3 Å². The molecule has 5 heteroatoms. The molecule has 2 amide bonds. The minimum atomic E-state index is -0.399. The first-order valence-electron chi connectivity index (χ1n) is 8.57. The standard InChI is InChI=1S/C19H21N3O2/c1-11(2)12-3-4-15-14(9-12)10-13-7-8-22(18(13)21-15)19(24)16-5-6-17(23)20-16/h3-4,9-11,16H,5-8H2,1-2H3,(H,20,23). The van der Waals surface area contributed by atoms with Gasteiger partial charge in [0.15, 0.2) is 0 Å². The van der Waals surface area contributed by atoms with E-state index < -0.39 is 6.04 Å². The highest BCUT2D eigenvalue weighted by Crippen LogP contribution is 2.31. The molecule has 2 aliphatic rings. The topological polar surface area (TPSA) is 62.3 Å². The highest BCUT2D eigenvalue weighted by Gasteiger charge is 2.35. The number of carbonyl (C=O) groups excluding carboxylic acids is 2. The molecule has 1 atom stereocenters. The van der Waals surface area contributed by atoms with Crippen molar-refractivity contribution in [1.82, 2.24) is 10.3 Å². The van der Waals surface area contributed by atoms with E-state index in [4.69, 9.17) is 4.98 Å². The van der Waals surface area contributed by atoms with Crippen LogP contribution in [0.25, 0.3) is 10.9 Å². The number of benzene rings is 1. The summed E-state index contributed by atoms with van der Waals surface area (Å²) < 4.78 is 0. The number of nitrogens with zero attached hydrogens (tertiary/aromatic N) is 2. The number of nitrogens with one attached hydrogen (secondary N) is 1. The average Bonchev–Trinajstić information content (AvgIpc) is 3.17. The molecule has 0 bridgehead atoms. The van der Waals surface area contributed by atoms with Crippen molar-refractivity contribution >= 4 is 28.5 Å². The van der Waals surface area contributed by atoms with E-state index in [2.05, 4.69) is 37.4 Å². The third-order valence-corrected chi connectivity index (χ3v) is 4.98. The van der Waals surface area contributed by atoms with Crippen molar-refractivity contribution in [2.75, 3.05) is 11.4 Å². The van der Waals surface area contributed by atoms with Gasteiger partial charge in [-0.25, -0.2) is 4.98 Å². The summed E-state index contributed by atoms with van der Waals surface area (Å²) in [6, 6.07) is 8.08. The highest BCUT2D eigenvalue weighted by molar-refractivity contribution is 6.02. The third kappa shape index (κ3) is 2.44. The summed E-state index contributed by atoms with van der Waals surface area (Å²) in [6.07, 6.45) is 1.83. The van der Waals surface area contributed by atoms with E-state index in [1.165, 1.54) is 5.56 Å². The quantitative estimate of drug-likeness (QED) is 0.924. The van der Waals surface area contributed by atoms with Gasteiger partial charge in [0.25, 0.3) is 5.91 Å². The van der Waals surface area contributed by atoms with Crippen LogP contribution in [-0.4, -0.2) is 29.4 Å². The second-order valence-corrected chi connectivity index (χ2v) is 6.98. The molecule has 5 nitrogen and oxygen atoms in total. The number of hydrogen-bond donors (Lipinski definition) is 1. The van der Waals surface area contributed by atoms with Crippen LogP contribution < -0.4 is 10.2 Å². The molecule has 4 rings (SSSR count). The highest BCUT2D eigenvalue weighted by atomic mass is 16.2. The van der Waals surface area contributed by atoms with E-state index >= 15 is 0 Å². The molecule has 0 radical (unpaired) electrons. The number of anilines is 1. The van der Waals surface area contributed by atoms with Crippen molar-refractivity contribution in [2.45, 2.75) is 45.1 Å². The van der Waals surface area contributed by atoms with Crippen molar-refractivity contribution in [3.63, 3.8) is 0 Å². The van der Waals surface area contributed by atoms with Crippen molar-refractivity contribution in [2.24, 2.45) is 0 Å². The van der Waals surface area contributed by atoms with Crippen molar-refractivity contribution in [1.29, 1.82) is 0 Å². The van der Waals surface area contributed by atoms with Crippen molar-refractivity contribution < 1.29 is 9.59 Å². The normalized spacial score (nSPS) is 19.9. The first kappa shape index (κ1) is 15.1. The Morgan fingerprint density at radius 1 is 1.29 bits per heavy atom. The molecule has 24 heavy (non-hydrogen) atoms. The van der Waals surface area contributed by atoms with Gasteiger partial charge in [-0.05, 0) is 48.1 Å². The van der Waals surface area contributed by atoms with Gasteiger partial charge in [-0.2, -0.15) is 0 Å². The SMILES string of the molecule is CC(C)c1ccc2nc3c(cc2c1)CCN3C(=O)C1CCC(=O)N1. The molecule has 1 aromatic heterocycles. The molecule has 1 saturated heterocycles. The largest absolute Gasteiger partial charge is 0.344 e. The fourth-order valence-electron chi connectivity index (χ4n) is 3.55. The van der Waals surface area contributed by atoms with Crippen molar-refractivity contribution in [3.8, 4) is 0 Å². The van der Waals surface area contributed by atoms with Crippen LogP contribution in [0.4, 0.5) is 5.82 Å². The summed E-state index contributed by atoms with van der Waals surface area (Å²) in [5.41, 5.74) is 3.32. The van der Waals surface area contributed by atoms with E-state index in [0.29, 0.717) is 25.3 Å². The first-order valence-corrected chi connectivity index (χ1v) is 8.57. The van der Waals surface area contributed by atoms with Gasteiger partial charge in [0, 0.05) is 18.4 Å². The maximum Gasteiger partial charge on any atom is 0.250 e. The molecule has 1 aromatic carbocycles. The summed E-state index contributed by atoms with van der Waals surface area (Å²) >= 11 is 0. The number of amides is 2. The lowest BCUT2D eigenvalue weighted by atomic mass is 10.0. The zero-order chi connectivity index (χ0) is 16.8. The Morgan fingerprint density at radius 2 is 2.12 bits per heavy atom. The Hall–Kier alpha value is -2.43. The van der Waals surface area contributed by atoms with E-state index in [1.54, 1.807) is 4.90 Å². The zero-order valence-corrected chi connectivity index (χ0v) is 14.0. The van der Waals surface area contributed by atoms with Crippen molar-refractivity contribution in [3.05, 3.63) is 35.4 Å². The van der Waals surface area contributed by atoms with Gasteiger partial charge in [0.05, 0.1) is 5.52 Å². The van der Waals surface area contributed by atoms with Crippen LogP contribution in [0.1, 0.15) is 43.7 Å². The van der Waals surface area contributed by atoms with Crippen LogP contribution >= 0.6 is 0 Å². The lowest BCUT2D eigenvalue weighted by Gasteiger charge is -2.20. The van der Waals surface area contributed by atoms with Crippen LogP contribution in [-0.2, 0) is 16.0 Å². The molecule has 0 aliphatic carbocycles. The summed E-state index contributed by atoms with van der Waals surface area (Å²) in [5, 5.41) is 3.89. The Morgan fingerprint density at radius 3 is 2.83 bits per heavy atom. The molecule has 0 spiro atoms. The molecule has 1 fully saturated rings. The molecule has 1 N–H and O–H groups in total. The van der Waals surface area contributed by atoms with E-state index in [0.717, 1.165) is 28.7 Å². The molecular weight excluding hydrogens is 302 g/mol. The predicted molar refractivity (Wildman–Crippen MR) is 93.1 cm³/mol. The molecular formula is C19H21N3O2. The van der Waals surface area contributed by atoms with Crippen LogP contribution in [0.5, 0.6) is 0 Å². The van der Waals surface area contributed by atoms with Crippen LogP contribution in [0.2, 0.25) is 0 Å². The number of carbonyl (C=O) groups is 2. The minimum Gasteiger partial charge on any atom is -0.344 e. The maximum absolute atomic E-state index is 12.7. The third-order valence-electron chi connectivity index (χ3n) is 4.98. The van der Waals surface area contributed by atoms with Gasteiger partial charge in [-0.15, -0.1) is 0 Å². The lowest BCUT2D eigenvalue weighted by Crippen LogP contribution is -2.44. The lowest BCUT2D eigenvalue weighted by molar-refractivity contribution is -0.124. The number of rotatable bonds is 2. The van der Waals surface area contributed by atoms with Gasteiger partial charge in [0.1, 0.15) is 11.9 Å². The molecule has 3 heterocycles. The fourth-order valence-corrected chi connectivity index (χ4v) is 3.55. The average molecular weight is 323 g/mol. The number of hydrogen-bond acceptors (Lipinski definition) is 3. The number of aromatic nitrogens is 1. The Labute approximate surface area is 141 Å². The molecule has 2 aliphatic heterocycles. The van der Waals surface area contributed by atoms with Gasteiger partial charge in [-0.1, -0.05) is 19.9 Å². The van der Waals surface area contributed by atoms with Gasteiger partial charge in [0.2, 0.25) is 5.91 Å². The summed E-state index contributed by atoms with van der Waals surface area (Å²) in [6.45, 7) is 5.00. The molecule has 124 valence electrons. The van der Waals surface area contributed by atoms with Crippen LogP contribution in [0.3, 0.4) is 0 Å². The fraction of sp³-hybridized carbons (Fsp3) is 0.421. The Balaban J connectivity index is 1.69. The van der Waals surface area contributed by atoms with E-state index in [1.807, 2.05) is 6.07 Å². The van der Waals surface area contributed by atoms with Gasteiger partial charge in [-0.3, -0.25) is 14.5 Å². The van der Waals surface area contributed by atoms with Gasteiger partial charge >= 0.3 is 0 Å². The number of pyridine rings is 1. The maximum atomic E-state index is 12.7.